The number of alkyl halides is 3. The summed E-state index contributed by atoms with van der Waals surface area (Å²) in [4.78, 5) is 19.8. The van der Waals surface area contributed by atoms with Crippen LogP contribution in [0.2, 0.25) is 0 Å². The van der Waals surface area contributed by atoms with Gasteiger partial charge in [-0.3, -0.25) is 4.57 Å². The second-order valence-electron chi connectivity index (χ2n) is 8.60. The van der Waals surface area contributed by atoms with E-state index in [-0.39, 0.29) is 35.7 Å². The zero-order chi connectivity index (χ0) is 25.4. The number of benzene rings is 2. The van der Waals surface area contributed by atoms with E-state index in [0.717, 1.165) is 18.2 Å². The Hall–Kier alpha value is -2.67. The number of thioether (sulfide) groups is 1. The van der Waals surface area contributed by atoms with Gasteiger partial charge in [-0.05, 0) is 23.8 Å². The van der Waals surface area contributed by atoms with Gasteiger partial charge in [-0.2, -0.15) is 18.2 Å². The van der Waals surface area contributed by atoms with Crippen LogP contribution in [-0.2, 0) is 15.7 Å². The molecule has 36 heavy (non-hydrogen) atoms. The van der Waals surface area contributed by atoms with Gasteiger partial charge in [-0.1, -0.05) is 12.1 Å². The van der Waals surface area contributed by atoms with Gasteiger partial charge in [0.15, 0.2) is 0 Å². The lowest BCUT2D eigenvalue weighted by Crippen LogP contribution is -2.45. The smallest absolute Gasteiger partial charge is 0.359 e. The van der Waals surface area contributed by atoms with Crippen molar-refractivity contribution in [2.24, 2.45) is 0 Å². The maximum absolute atomic E-state index is 14.5. The number of aromatic nitrogens is 2. The highest BCUT2D eigenvalue weighted by Gasteiger charge is 2.39. The van der Waals surface area contributed by atoms with E-state index in [9.17, 15) is 22.4 Å². The van der Waals surface area contributed by atoms with Gasteiger partial charge in [0.2, 0.25) is 0 Å². The van der Waals surface area contributed by atoms with E-state index in [1.165, 1.54) is 35.6 Å². The number of hydrogen-bond acceptors (Lipinski definition) is 7. The first-order valence-electron chi connectivity index (χ1n) is 11.4. The summed E-state index contributed by atoms with van der Waals surface area (Å²) in [5.74, 6) is -0.00772. The first-order valence-corrected chi connectivity index (χ1v) is 12.4. The molecule has 5 rings (SSSR count). The maximum atomic E-state index is 14.5. The van der Waals surface area contributed by atoms with Crippen LogP contribution in [0.25, 0.3) is 22.0 Å². The van der Waals surface area contributed by atoms with Crippen molar-refractivity contribution in [3.8, 4) is 11.1 Å². The summed E-state index contributed by atoms with van der Waals surface area (Å²) in [6.45, 7) is 2.43. The number of anilines is 1. The Labute approximate surface area is 208 Å². The molecule has 1 atom stereocenters. The zero-order valence-corrected chi connectivity index (χ0v) is 20.2. The number of ether oxygens (including phenoxy) is 2. The molecule has 0 amide bonds. The summed E-state index contributed by atoms with van der Waals surface area (Å²) in [6, 6.07) is 5.56. The highest BCUT2D eigenvalue weighted by Crippen LogP contribution is 2.49. The first-order chi connectivity index (χ1) is 17.3. The predicted molar refractivity (Wildman–Crippen MR) is 129 cm³/mol. The lowest BCUT2D eigenvalue weighted by atomic mass is 9.96. The molecule has 3 aromatic rings. The molecule has 2 aliphatic rings. The third-order valence-electron chi connectivity index (χ3n) is 6.30. The molecule has 1 fully saturated rings. The monoisotopic (exact) mass is 524 g/mol. The van der Waals surface area contributed by atoms with E-state index in [1.807, 2.05) is 4.90 Å². The highest BCUT2D eigenvalue weighted by atomic mass is 32.2. The molecular formula is C24H24F4N4O3S. The largest absolute Gasteiger partial charge is 0.417 e. The van der Waals surface area contributed by atoms with Crippen LogP contribution >= 0.6 is 11.8 Å². The maximum Gasteiger partial charge on any atom is 0.417 e. The van der Waals surface area contributed by atoms with E-state index in [4.69, 9.17) is 9.47 Å². The quantitative estimate of drug-likeness (QED) is 0.298. The van der Waals surface area contributed by atoms with Gasteiger partial charge in [-0.25, -0.2) is 9.18 Å². The molecule has 0 spiro atoms. The van der Waals surface area contributed by atoms with Crippen molar-refractivity contribution in [2.45, 2.75) is 17.1 Å². The molecule has 0 aliphatic carbocycles. The minimum absolute atomic E-state index is 0.0199. The minimum Gasteiger partial charge on any atom is -0.359 e. The van der Waals surface area contributed by atoms with Crippen molar-refractivity contribution in [3.63, 3.8) is 0 Å². The average molecular weight is 525 g/mol. The highest BCUT2D eigenvalue weighted by molar-refractivity contribution is 7.99. The van der Waals surface area contributed by atoms with Gasteiger partial charge in [0.1, 0.15) is 18.4 Å². The van der Waals surface area contributed by atoms with Crippen molar-refractivity contribution in [2.75, 3.05) is 57.3 Å². The van der Waals surface area contributed by atoms with Crippen molar-refractivity contribution in [1.29, 1.82) is 0 Å². The molecule has 0 unspecified atom stereocenters. The summed E-state index contributed by atoms with van der Waals surface area (Å²) in [7, 11) is 1.48. The van der Waals surface area contributed by atoms with Crippen molar-refractivity contribution in [1.82, 2.24) is 14.9 Å². The molecule has 1 N–H and O–H groups in total. The van der Waals surface area contributed by atoms with E-state index in [1.54, 1.807) is 0 Å². The summed E-state index contributed by atoms with van der Waals surface area (Å²) >= 11 is 1.23. The van der Waals surface area contributed by atoms with Crippen molar-refractivity contribution < 1.29 is 27.0 Å². The first kappa shape index (κ1) is 25.0. The Kier molecular flexibility index (Phi) is 6.95. The van der Waals surface area contributed by atoms with E-state index in [0.29, 0.717) is 42.3 Å². The molecule has 12 heteroatoms. The van der Waals surface area contributed by atoms with Crippen LogP contribution in [0.1, 0.15) is 11.6 Å². The van der Waals surface area contributed by atoms with Crippen molar-refractivity contribution >= 4 is 28.5 Å². The summed E-state index contributed by atoms with van der Waals surface area (Å²) < 4.78 is 69.0. The molecule has 7 nitrogen and oxygen atoms in total. The van der Waals surface area contributed by atoms with E-state index >= 15 is 0 Å². The molecule has 2 aliphatic heterocycles. The fourth-order valence-electron chi connectivity index (χ4n) is 4.73. The summed E-state index contributed by atoms with van der Waals surface area (Å²) in [5.41, 5.74) is -0.850. The minimum atomic E-state index is -4.69. The van der Waals surface area contributed by atoms with Crippen molar-refractivity contribution in [3.05, 3.63) is 52.2 Å². The van der Waals surface area contributed by atoms with Gasteiger partial charge in [0, 0.05) is 54.9 Å². The van der Waals surface area contributed by atoms with Crippen LogP contribution in [0.15, 0.2) is 40.0 Å². The fraction of sp³-hybridized carbons (Fsp3) is 0.417. The molecule has 0 radical (unpaired) electrons. The molecule has 1 aromatic heterocycles. The number of halogens is 4. The predicted octanol–water partition coefficient (Wildman–Crippen LogP) is 3.90. The molecule has 192 valence electrons. The van der Waals surface area contributed by atoms with Crippen LogP contribution < -0.4 is 15.9 Å². The molecule has 3 heterocycles. The molecule has 1 saturated heterocycles. The SMILES string of the molecule is COCOC[C@H]1CSc2c(-c3ccc(F)cc3)c(C(F)(F)F)cc3c(N4CCNCC4)nc(=O)n1c23. The topological polar surface area (TPSA) is 68.6 Å². The van der Waals surface area contributed by atoms with E-state index < -0.39 is 29.3 Å². The standard InChI is InChI=1S/C24H24F4N4O3S/c1-34-13-35-11-16-12-36-21-19(14-2-4-15(25)5-3-14)18(24(26,27)28)10-17-20(21)32(16)23(33)30-22(17)31-8-6-29-7-9-31/h2-5,10,16,29H,6-9,11-13H2,1H3/t16-/m0/s1. The van der Waals surface area contributed by atoms with Gasteiger partial charge < -0.3 is 19.7 Å². The number of hydrogen-bond donors (Lipinski definition) is 1. The van der Waals surface area contributed by atoms with Crippen LogP contribution in [0.3, 0.4) is 0 Å². The van der Waals surface area contributed by atoms with Crippen LogP contribution in [0, 0.1) is 5.82 Å². The third-order valence-corrected chi connectivity index (χ3v) is 7.53. The Balaban J connectivity index is 1.83. The number of nitrogens with one attached hydrogen (secondary N) is 1. The Morgan fingerprint density at radius 2 is 1.92 bits per heavy atom. The van der Waals surface area contributed by atoms with Gasteiger partial charge >= 0.3 is 11.9 Å². The van der Waals surface area contributed by atoms with Gasteiger partial charge in [-0.15, -0.1) is 11.8 Å². The molecular weight excluding hydrogens is 500 g/mol. The lowest BCUT2D eigenvalue weighted by Gasteiger charge is -2.33. The van der Waals surface area contributed by atoms with Crippen LogP contribution in [0.5, 0.6) is 0 Å². The van der Waals surface area contributed by atoms with Crippen LogP contribution in [-0.4, -0.2) is 62.0 Å². The average Bonchev–Trinajstić information content (AvgIpc) is 2.86. The summed E-state index contributed by atoms with van der Waals surface area (Å²) in [6.07, 6.45) is -4.69. The second-order valence-corrected chi connectivity index (χ2v) is 9.63. The number of piperazine rings is 1. The lowest BCUT2D eigenvalue weighted by molar-refractivity contribution is -0.137. The molecule has 0 saturated carbocycles. The molecule has 0 bridgehead atoms. The number of rotatable bonds is 6. The van der Waals surface area contributed by atoms with Gasteiger partial charge in [0.25, 0.3) is 0 Å². The van der Waals surface area contributed by atoms with Gasteiger partial charge in [0.05, 0.1) is 23.7 Å². The van der Waals surface area contributed by atoms with Crippen LogP contribution in [0.4, 0.5) is 23.4 Å². The Bertz CT molecular complexity index is 1320. The second kappa shape index (κ2) is 10.0. The fourth-order valence-corrected chi connectivity index (χ4v) is 6.05. The number of methoxy groups -OCH3 is 1. The van der Waals surface area contributed by atoms with E-state index in [2.05, 4.69) is 10.3 Å². The Morgan fingerprint density at radius 3 is 2.58 bits per heavy atom. The molecule has 2 aromatic carbocycles. The normalized spacial score (nSPS) is 18.1. The Morgan fingerprint density at radius 1 is 1.19 bits per heavy atom. The third kappa shape index (κ3) is 4.58. The zero-order valence-electron chi connectivity index (χ0n) is 19.4. The number of nitrogens with zero attached hydrogens (tertiary/aromatic N) is 3. The summed E-state index contributed by atoms with van der Waals surface area (Å²) in [5, 5.41) is 3.46.